The number of imide groups is 2. The van der Waals surface area contributed by atoms with Crippen molar-refractivity contribution in [3.63, 3.8) is 0 Å². The maximum absolute atomic E-state index is 13.9. The Hall–Kier alpha value is -3.01. The summed E-state index contributed by atoms with van der Waals surface area (Å²) in [6.45, 7) is 0.642. The van der Waals surface area contributed by atoms with E-state index in [-0.39, 0.29) is 12.1 Å². The van der Waals surface area contributed by atoms with E-state index in [9.17, 15) is 27.6 Å². The molecule has 2 aromatic rings. The van der Waals surface area contributed by atoms with Crippen molar-refractivity contribution in [1.82, 2.24) is 5.32 Å². The Balaban J connectivity index is 1.60. The van der Waals surface area contributed by atoms with Crippen LogP contribution < -0.4 is 15.1 Å². The van der Waals surface area contributed by atoms with Gasteiger partial charge in [0.2, 0.25) is 5.91 Å². The van der Waals surface area contributed by atoms with Gasteiger partial charge in [-0.3, -0.25) is 14.9 Å². The van der Waals surface area contributed by atoms with Crippen LogP contribution in [0.1, 0.15) is 11.1 Å². The number of halogens is 3. The first-order chi connectivity index (χ1) is 15.2. The van der Waals surface area contributed by atoms with Crippen LogP contribution in [0.15, 0.2) is 48.5 Å². The number of urea groups is 1. The monoisotopic (exact) mass is 461 g/mol. The number of hydrogen-bond donors (Lipinski definition) is 1. The molecule has 0 radical (unpaired) electrons. The van der Waals surface area contributed by atoms with E-state index in [1.54, 1.807) is 11.8 Å². The molecule has 2 aromatic carbocycles. The molecule has 6 nitrogen and oxygen atoms in total. The zero-order chi connectivity index (χ0) is 22.7. The van der Waals surface area contributed by atoms with Crippen molar-refractivity contribution < 1.29 is 27.6 Å². The van der Waals surface area contributed by atoms with Gasteiger partial charge in [0.1, 0.15) is 0 Å². The first-order valence-corrected chi connectivity index (χ1v) is 11.2. The highest BCUT2D eigenvalue weighted by Crippen LogP contribution is 2.47. The Bertz CT molecular complexity index is 1120. The maximum Gasteiger partial charge on any atom is 0.416 e. The average molecular weight is 461 g/mol. The van der Waals surface area contributed by atoms with Crippen LogP contribution in [-0.4, -0.2) is 41.9 Å². The highest BCUT2D eigenvalue weighted by Gasteiger charge is 2.62. The van der Waals surface area contributed by atoms with Crippen molar-refractivity contribution >= 4 is 41.0 Å². The molecule has 2 atom stereocenters. The molecule has 166 valence electrons. The highest BCUT2D eigenvalue weighted by atomic mass is 32.2. The van der Waals surface area contributed by atoms with Gasteiger partial charge in [-0.15, -0.1) is 0 Å². The van der Waals surface area contributed by atoms with Gasteiger partial charge >= 0.3 is 12.2 Å². The standard InChI is InChI=1S/C22H18F3N3O3S/c23-22(24,25)14-5-7-15(8-6-14)28-19(30)21(18(29)26-20(28)31)11-13-3-1-2-4-16(13)27-9-10-32-12-17(21)27/h1-8,17H,9-12H2,(H,26,29,31)/t17-,21-/m0/s1. The van der Waals surface area contributed by atoms with Gasteiger partial charge in [-0.05, 0) is 42.3 Å². The van der Waals surface area contributed by atoms with Crippen LogP contribution in [0.2, 0.25) is 0 Å². The third-order valence-corrected chi connectivity index (χ3v) is 7.36. The lowest BCUT2D eigenvalue weighted by Gasteiger charge is -2.53. The second-order valence-corrected chi connectivity index (χ2v) is 9.16. The van der Waals surface area contributed by atoms with Gasteiger partial charge in [0.05, 0.1) is 17.3 Å². The smallest absolute Gasteiger partial charge is 0.365 e. The van der Waals surface area contributed by atoms with E-state index < -0.39 is 41.0 Å². The van der Waals surface area contributed by atoms with E-state index in [2.05, 4.69) is 5.32 Å². The van der Waals surface area contributed by atoms with Gasteiger partial charge in [-0.2, -0.15) is 24.9 Å². The first kappa shape index (κ1) is 20.9. The fourth-order valence-corrected chi connectivity index (χ4v) is 5.98. The Kier molecular flexibility index (Phi) is 4.74. The summed E-state index contributed by atoms with van der Waals surface area (Å²) in [5, 5.41) is 2.30. The zero-order valence-corrected chi connectivity index (χ0v) is 17.5. The number of carbonyl (C=O) groups is 3. The maximum atomic E-state index is 13.9. The van der Waals surface area contributed by atoms with E-state index >= 15 is 0 Å². The lowest BCUT2D eigenvalue weighted by atomic mass is 9.69. The number of rotatable bonds is 1. The predicted molar refractivity (Wildman–Crippen MR) is 114 cm³/mol. The number of anilines is 2. The second-order valence-electron chi connectivity index (χ2n) is 8.01. The SMILES string of the molecule is O=C1NC(=O)[C@@]2(Cc3ccccc3N3CCSC[C@H]32)C(=O)N1c1ccc(C(F)(F)F)cc1. The van der Waals surface area contributed by atoms with E-state index in [1.165, 1.54) is 0 Å². The number of thioether (sulfide) groups is 1. The number of nitrogens with one attached hydrogen (secondary N) is 1. The molecule has 3 aliphatic heterocycles. The van der Waals surface area contributed by atoms with Gasteiger partial charge in [0.25, 0.3) is 5.91 Å². The van der Waals surface area contributed by atoms with Gasteiger partial charge in [0, 0.05) is 23.7 Å². The summed E-state index contributed by atoms with van der Waals surface area (Å²) in [5.74, 6) is -0.0263. The van der Waals surface area contributed by atoms with Crippen molar-refractivity contribution in [3.05, 3.63) is 59.7 Å². The van der Waals surface area contributed by atoms with Crippen LogP contribution in [0.5, 0.6) is 0 Å². The Morgan fingerprint density at radius 1 is 1.03 bits per heavy atom. The van der Waals surface area contributed by atoms with Gasteiger partial charge in [-0.25, -0.2) is 9.69 Å². The number of barbiturate groups is 1. The topological polar surface area (TPSA) is 69.7 Å². The molecule has 4 amide bonds. The highest BCUT2D eigenvalue weighted by molar-refractivity contribution is 7.99. The second kappa shape index (κ2) is 7.26. The molecule has 1 spiro atoms. The van der Waals surface area contributed by atoms with E-state index in [0.717, 1.165) is 46.2 Å². The summed E-state index contributed by atoms with van der Waals surface area (Å²) >= 11 is 1.63. The molecule has 32 heavy (non-hydrogen) atoms. The molecule has 3 heterocycles. The van der Waals surface area contributed by atoms with Gasteiger partial charge in [0.15, 0.2) is 5.41 Å². The van der Waals surface area contributed by atoms with Crippen molar-refractivity contribution in [1.29, 1.82) is 0 Å². The number of amides is 4. The molecule has 10 heteroatoms. The number of hydrogen-bond acceptors (Lipinski definition) is 5. The molecule has 0 aliphatic carbocycles. The van der Waals surface area contributed by atoms with E-state index in [0.29, 0.717) is 12.3 Å². The summed E-state index contributed by atoms with van der Waals surface area (Å²) in [6.07, 6.45) is -4.43. The minimum atomic E-state index is -4.54. The fourth-order valence-electron chi connectivity index (χ4n) is 4.80. The molecule has 2 fully saturated rings. The number of alkyl halides is 3. The normalized spacial score (nSPS) is 25.5. The summed E-state index contributed by atoms with van der Waals surface area (Å²) in [4.78, 5) is 42.6. The lowest BCUT2D eigenvalue weighted by molar-refractivity contribution is -0.144. The Morgan fingerprint density at radius 2 is 1.75 bits per heavy atom. The summed E-state index contributed by atoms with van der Waals surface area (Å²) in [5.41, 5.74) is -0.680. The largest absolute Gasteiger partial charge is 0.416 e. The number of benzene rings is 2. The summed E-state index contributed by atoms with van der Waals surface area (Å²) in [7, 11) is 0. The van der Waals surface area contributed by atoms with Crippen LogP contribution in [0.4, 0.5) is 29.3 Å². The summed E-state index contributed by atoms with van der Waals surface area (Å²) in [6, 6.07) is 9.89. The molecule has 3 aliphatic rings. The molecule has 0 unspecified atom stereocenters. The van der Waals surface area contributed by atoms with Crippen molar-refractivity contribution in [2.24, 2.45) is 5.41 Å². The van der Waals surface area contributed by atoms with Crippen LogP contribution >= 0.6 is 11.8 Å². The van der Waals surface area contributed by atoms with Crippen LogP contribution in [-0.2, 0) is 22.2 Å². The Morgan fingerprint density at radius 3 is 2.47 bits per heavy atom. The third-order valence-electron chi connectivity index (χ3n) is 6.33. The quantitative estimate of drug-likeness (QED) is 0.659. The zero-order valence-electron chi connectivity index (χ0n) is 16.7. The van der Waals surface area contributed by atoms with E-state index in [1.807, 2.05) is 29.2 Å². The minimum Gasteiger partial charge on any atom is -0.365 e. The van der Waals surface area contributed by atoms with Crippen molar-refractivity contribution in [2.75, 3.05) is 27.9 Å². The lowest BCUT2D eigenvalue weighted by Crippen LogP contribution is -2.73. The van der Waals surface area contributed by atoms with Crippen LogP contribution in [0, 0.1) is 5.41 Å². The van der Waals surface area contributed by atoms with Crippen molar-refractivity contribution in [2.45, 2.75) is 18.6 Å². The Labute approximate surface area is 185 Å². The summed E-state index contributed by atoms with van der Waals surface area (Å²) < 4.78 is 38.9. The molecule has 1 N–H and O–H groups in total. The average Bonchev–Trinajstić information content (AvgIpc) is 2.77. The van der Waals surface area contributed by atoms with Crippen molar-refractivity contribution in [3.8, 4) is 0 Å². The van der Waals surface area contributed by atoms with Crippen LogP contribution in [0.3, 0.4) is 0 Å². The van der Waals surface area contributed by atoms with Gasteiger partial charge < -0.3 is 4.90 Å². The minimum absolute atomic E-state index is 0.0127. The molecule has 0 bridgehead atoms. The molecular weight excluding hydrogens is 443 g/mol. The number of para-hydroxylation sites is 1. The van der Waals surface area contributed by atoms with Gasteiger partial charge in [-0.1, -0.05) is 18.2 Å². The molecular formula is C22H18F3N3O3S. The fraction of sp³-hybridized carbons (Fsp3) is 0.318. The molecule has 2 saturated heterocycles. The van der Waals surface area contributed by atoms with E-state index in [4.69, 9.17) is 0 Å². The molecule has 0 aromatic heterocycles. The number of fused-ring (bicyclic) bond motifs is 4. The number of nitrogens with zero attached hydrogens (tertiary/aromatic N) is 2. The number of carbonyl (C=O) groups excluding carboxylic acids is 3. The van der Waals surface area contributed by atoms with Crippen LogP contribution in [0.25, 0.3) is 0 Å². The first-order valence-electron chi connectivity index (χ1n) is 10.0. The molecule has 0 saturated carbocycles. The predicted octanol–water partition coefficient (Wildman–Crippen LogP) is 3.45. The molecule has 5 rings (SSSR count). The third kappa shape index (κ3) is 3.00.